The Balaban J connectivity index is 0.000000189. The fraction of sp³-hybridized carbons (Fsp3) is 0.434. The van der Waals surface area contributed by atoms with Crippen LogP contribution in [-0.4, -0.2) is 50.9 Å². The number of hydrogen-bond acceptors (Lipinski definition) is 4. The molecule has 4 nitrogen and oxygen atoms in total. The molecule has 0 heterocycles. The molecule has 8 aromatic rings. The first-order valence-electron chi connectivity index (χ1n) is 44.4. The molecule has 0 amide bonds. The molecule has 0 fully saturated rings. The standard InChI is InChI=1S/2C53H67O2Si3.2ClH.Zr/c2*1-34-30-46-40(36-22-26-42-38(32-36)24-28-48(42)54-57(10,11)52(3,4)5)18-14-16-20-44(46)50(34)56(9)51-35(2)31-47-41(19-15-17-21-45(47)51)37-23-27-43-39(33-37)25-29-49(43)55-58(12,13)53(6,7)8;;;/h2*14-23,26-27,30-33,40-41,48-49H,24-25,28-29H2,1-13H3;2*1H;/q2*-2;;;+2/p-2. The molecule has 0 bridgehead atoms. The van der Waals surface area contributed by atoms with E-state index >= 15 is 0 Å². The Morgan fingerprint density at radius 1 is 0.311 bits per heavy atom. The maximum absolute atomic E-state index is 6.97. The van der Waals surface area contributed by atoms with E-state index in [2.05, 4.69) is 371 Å². The Bertz CT molecular complexity index is 4730. The van der Waals surface area contributed by atoms with Gasteiger partial charge in [-0.25, -0.2) is 0 Å². The van der Waals surface area contributed by atoms with Crippen LogP contribution in [0, 0.1) is 27.7 Å². The fourth-order valence-corrected chi connectivity index (χ4v) is 30.5. The van der Waals surface area contributed by atoms with Gasteiger partial charge in [0.2, 0.25) is 0 Å². The van der Waals surface area contributed by atoms with Gasteiger partial charge in [-0.2, -0.15) is 68.8 Å². The van der Waals surface area contributed by atoms with Crippen LogP contribution in [0.5, 0.6) is 0 Å². The average Bonchev–Trinajstić information content (AvgIpc) is 1.59. The van der Waals surface area contributed by atoms with Crippen molar-refractivity contribution in [2.45, 2.75) is 296 Å². The van der Waals surface area contributed by atoms with Crippen molar-refractivity contribution >= 4 is 113 Å². The summed E-state index contributed by atoms with van der Waals surface area (Å²) in [6.45, 7) is 61.8. The number of fused-ring (bicyclic) bond motifs is 8. The zero-order valence-corrected chi connectivity index (χ0v) is 86.6. The third kappa shape index (κ3) is 17.8. The van der Waals surface area contributed by atoms with Gasteiger partial charge in [0.1, 0.15) is 0 Å². The predicted octanol–water partition coefficient (Wildman–Crippen LogP) is 28.2. The molecule has 0 N–H and O–H groups in total. The quantitative estimate of drug-likeness (QED) is 0.0714. The van der Waals surface area contributed by atoms with Crippen LogP contribution in [-0.2, 0) is 64.2 Å². The van der Waals surface area contributed by atoms with E-state index in [-0.39, 0.29) is 68.2 Å². The van der Waals surface area contributed by atoms with Crippen LogP contribution in [0.25, 0.3) is 24.3 Å². The van der Waals surface area contributed by atoms with Crippen LogP contribution in [0.1, 0.15) is 290 Å². The Kier molecular flexibility index (Phi) is 26.2. The summed E-state index contributed by atoms with van der Waals surface area (Å²) in [5.41, 5.74) is 34.5. The van der Waals surface area contributed by atoms with Crippen LogP contribution in [0.2, 0.25) is 85.6 Å². The average molecular weight is 1800 g/mol. The number of halogens is 2. The Morgan fingerprint density at radius 2 is 0.504 bits per heavy atom. The van der Waals surface area contributed by atoms with Gasteiger partial charge in [0.25, 0.3) is 0 Å². The fourth-order valence-electron chi connectivity index (χ4n) is 19.6. The number of aryl methyl sites for hydroxylation is 8. The topological polar surface area (TPSA) is 36.9 Å². The van der Waals surface area contributed by atoms with Crippen molar-refractivity contribution in [1.82, 2.24) is 0 Å². The summed E-state index contributed by atoms with van der Waals surface area (Å²) in [6, 6.07) is 39.3. The van der Waals surface area contributed by atoms with Gasteiger partial charge in [-0.05, 0) is 214 Å². The zero-order valence-electron chi connectivity index (χ0n) is 76.6. The Hall–Kier alpha value is -5.20. The third-order valence-corrected chi connectivity index (χ3v) is 53.7. The maximum atomic E-state index is 6.97. The summed E-state index contributed by atoms with van der Waals surface area (Å²) in [5, 5.41) is 7.10. The Morgan fingerprint density at radius 3 is 0.689 bits per heavy atom. The first-order chi connectivity index (χ1) is 55.9. The molecule has 0 spiro atoms. The summed E-state index contributed by atoms with van der Waals surface area (Å²) in [7, 11) is 0.204. The first kappa shape index (κ1) is 90.1. The zero-order chi connectivity index (χ0) is 85.8. The van der Waals surface area contributed by atoms with Crippen LogP contribution in [0.3, 0.4) is 0 Å². The van der Waals surface area contributed by atoms with E-state index in [0.717, 1.165) is 51.4 Å². The number of allylic oxidation sites excluding steroid dienone is 12. The molecular formula is C106H134Cl2O4Si6Zr-4. The van der Waals surface area contributed by atoms with Crippen molar-refractivity contribution in [3.05, 3.63) is 303 Å². The molecule has 13 heteroatoms. The van der Waals surface area contributed by atoms with E-state index in [1.807, 2.05) is 0 Å². The van der Waals surface area contributed by atoms with Gasteiger partial charge < -0.3 is 17.7 Å². The molecule has 0 aliphatic heterocycles. The summed E-state index contributed by atoms with van der Waals surface area (Å²) >= 11 is -0.826. The van der Waals surface area contributed by atoms with Gasteiger partial charge in [-0.3, -0.25) is 0 Å². The molecule has 8 unspecified atom stereocenters. The summed E-state index contributed by atoms with van der Waals surface area (Å²) in [4.78, 5) is 0. The van der Waals surface area contributed by atoms with Crippen molar-refractivity contribution in [2.24, 2.45) is 0 Å². The Labute approximate surface area is 744 Å². The van der Waals surface area contributed by atoms with Gasteiger partial charge in [0, 0.05) is 17.6 Å². The predicted molar refractivity (Wildman–Crippen MR) is 524 cm³/mol. The molecular weight excluding hydrogens is 1670 g/mol. The molecule has 0 saturated heterocycles. The van der Waals surface area contributed by atoms with E-state index < -0.39 is 71.7 Å². The van der Waals surface area contributed by atoms with Gasteiger partial charge in [0.05, 0.1) is 24.4 Å². The first-order valence-corrected chi connectivity index (χ1v) is 66.4. The van der Waals surface area contributed by atoms with E-state index in [1.54, 1.807) is 20.7 Å². The van der Waals surface area contributed by atoms with Crippen LogP contribution >= 0.6 is 17.0 Å². The minimum atomic E-state index is -1.86. The van der Waals surface area contributed by atoms with E-state index in [1.165, 1.54) is 134 Å². The second-order valence-corrected chi connectivity index (χ2v) is 69.2. The second-order valence-electron chi connectivity index (χ2n) is 41.9. The monoisotopic (exact) mass is 1800 g/mol. The summed E-state index contributed by atoms with van der Waals surface area (Å²) in [6.07, 6.45) is 47.2. The van der Waals surface area contributed by atoms with Crippen LogP contribution in [0.4, 0.5) is 0 Å². The molecule has 628 valence electrons. The van der Waals surface area contributed by atoms with Crippen LogP contribution in [0.15, 0.2) is 170 Å². The van der Waals surface area contributed by atoms with Crippen molar-refractivity contribution < 1.29 is 38.6 Å². The molecule has 8 aliphatic carbocycles. The molecule has 2 radical (unpaired) electrons. The number of rotatable bonds is 16. The molecule has 0 aromatic heterocycles. The van der Waals surface area contributed by atoms with Crippen molar-refractivity contribution in [3.63, 3.8) is 0 Å². The molecule has 8 aliphatic rings. The molecule has 0 saturated carbocycles. The minimum absolute atomic E-state index is 0.207. The van der Waals surface area contributed by atoms with Crippen LogP contribution < -0.4 is 20.7 Å². The SMILES string of the molecule is Cc1cc2c([c-]1[Si](C)[c-]1c(C)cc3c1C=CC=CC3c1ccc3c(c1)CCC3O[Si](C)(C)C(C)(C)C)C=CC=CC2c1ccc2c(c1)CCC2O[Si](C)(C)C(C)(C)C.Cc1cc2c([c-]1[Si](C)[c-]1c(C)cc3c1C=CC=CC3c1ccc3c(c1)CCC3O[Si](C)(C)C(C)(C)C)C=CC=CC2c1ccc2c(c1)CCC2O[Si](C)(C)C(C)(C)C.[Cl][Zr][Cl]. The summed E-state index contributed by atoms with van der Waals surface area (Å²) in [5.74, 6) is 0.929. The van der Waals surface area contributed by atoms with Gasteiger partial charge >= 0.3 is 37.9 Å². The van der Waals surface area contributed by atoms with Crippen molar-refractivity contribution in [3.8, 4) is 0 Å². The summed E-state index contributed by atoms with van der Waals surface area (Å²) < 4.78 is 27.9. The van der Waals surface area contributed by atoms with E-state index in [4.69, 9.17) is 34.7 Å². The van der Waals surface area contributed by atoms with Crippen molar-refractivity contribution in [2.75, 3.05) is 0 Å². The second kappa shape index (κ2) is 34.6. The number of benzene rings is 4. The number of hydrogen-bond donors (Lipinski definition) is 0. The van der Waals surface area contributed by atoms with E-state index in [9.17, 15) is 0 Å². The van der Waals surface area contributed by atoms with Gasteiger partial charge in [0.15, 0.2) is 33.3 Å². The van der Waals surface area contributed by atoms with Gasteiger partial charge in [-0.1, -0.05) is 245 Å². The third-order valence-electron chi connectivity index (χ3n) is 30.1. The van der Waals surface area contributed by atoms with E-state index in [0.29, 0.717) is 0 Å². The molecule has 8 aromatic carbocycles. The van der Waals surface area contributed by atoms with Crippen molar-refractivity contribution in [1.29, 1.82) is 0 Å². The molecule has 16 rings (SSSR count). The molecule has 8 atom stereocenters. The van der Waals surface area contributed by atoms with Gasteiger partial charge in [-0.15, -0.1) is 91.6 Å². The normalized spacial score (nSPS) is 21.2. The molecule has 119 heavy (non-hydrogen) atoms.